The first kappa shape index (κ1) is 25.0. The molecule has 1 aromatic carbocycles. The van der Waals surface area contributed by atoms with E-state index in [9.17, 15) is 0 Å². The van der Waals surface area contributed by atoms with E-state index in [1.54, 1.807) is 0 Å². The number of pyridine rings is 1. The Kier molecular flexibility index (Phi) is 9.53. The maximum absolute atomic E-state index is 4.91. The van der Waals surface area contributed by atoms with Crippen LogP contribution in [0.2, 0.25) is 0 Å². The molecule has 0 bridgehead atoms. The molecule has 0 spiro atoms. The number of aliphatic imine (C=N–C) groups is 1. The first-order valence-corrected chi connectivity index (χ1v) is 11.5. The quantitative estimate of drug-likeness (QED) is 0.206. The predicted octanol–water partition coefficient (Wildman–Crippen LogP) is 3.91. The molecule has 1 aliphatic rings. The molecule has 33 heavy (non-hydrogen) atoms. The first-order valence-electron chi connectivity index (χ1n) is 11.5. The maximum Gasteiger partial charge on any atom is 0.194 e. The van der Waals surface area contributed by atoms with Crippen LogP contribution in [0.1, 0.15) is 24.6 Å². The highest BCUT2D eigenvalue weighted by atomic mass is 127. The van der Waals surface area contributed by atoms with Crippen molar-refractivity contribution in [3.05, 3.63) is 72.2 Å². The summed E-state index contributed by atoms with van der Waals surface area (Å²) in [5.41, 5.74) is 3.48. The zero-order valence-electron chi connectivity index (χ0n) is 19.5. The molecular weight excluding hydrogens is 525 g/mol. The van der Waals surface area contributed by atoms with Crippen molar-refractivity contribution in [3.8, 4) is 5.69 Å². The lowest BCUT2D eigenvalue weighted by Gasteiger charge is -2.37. The van der Waals surface area contributed by atoms with Crippen LogP contribution in [0, 0.1) is 6.92 Å². The molecule has 4 rings (SSSR count). The Bertz CT molecular complexity index is 996. The summed E-state index contributed by atoms with van der Waals surface area (Å²) in [6.07, 6.45) is 5.99. The van der Waals surface area contributed by atoms with Crippen LogP contribution in [0.4, 0.5) is 5.82 Å². The predicted molar refractivity (Wildman–Crippen MR) is 146 cm³/mol. The average Bonchev–Trinajstić information content (AvgIpc) is 3.23. The Hall–Kier alpha value is -2.62. The lowest BCUT2D eigenvalue weighted by Crippen LogP contribution is -2.52. The smallest absolute Gasteiger partial charge is 0.194 e. The summed E-state index contributed by atoms with van der Waals surface area (Å²) in [6, 6.07) is 16.4. The number of aromatic nitrogens is 3. The van der Waals surface area contributed by atoms with E-state index in [0.29, 0.717) is 0 Å². The fourth-order valence-electron chi connectivity index (χ4n) is 4.02. The van der Waals surface area contributed by atoms with Gasteiger partial charge in [-0.25, -0.2) is 9.67 Å². The van der Waals surface area contributed by atoms with Crippen LogP contribution in [0.3, 0.4) is 0 Å². The van der Waals surface area contributed by atoms with Gasteiger partial charge in [-0.05, 0) is 56.5 Å². The molecule has 0 unspecified atom stereocenters. The number of nitrogens with one attached hydrogen (secondary N) is 1. The van der Waals surface area contributed by atoms with Crippen LogP contribution in [-0.2, 0) is 6.42 Å². The molecule has 1 aliphatic heterocycles. The van der Waals surface area contributed by atoms with Gasteiger partial charge in [0, 0.05) is 51.7 Å². The van der Waals surface area contributed by atoms with E-state index in [1.807, 2.05) is 41.2 Å². The average molecular weight is 560 g/mol. The number of benzene rings is 1. The Morgan fingerprint density at radius 2 is 1.79 bits per heavy atom. The number of nitrogens with zero attached hydrogens (tertiary/aromatic N) is 6. The van der Waals surface area contributed by atoms with Crippen LogP contribution in [0.25, 0.3) is 5.69 Å². The molecule has 176 valence electrons. The van der Waals surface area contributed by atoms with Gasteiger partial charge >= 0.3 is 0 Å². The summed E-state index contributed by atoms with van der Waals surface area (Å²) in [5, 5.41) is 8.15. The molecule has 0 radical (unpaired) electrons. The molecule has 0 saturated carbocycles. The van der Waals surface area contributed by atoms with Gasteiger partial charge in [0.2, 0.25) is 0 Å². The second-order valence-corrected chi connectivity index (χ2v) is 8.02. The number of hydrogen-bond acceptors (Lipinski definition) is 4. The van der Waals surface area contributed by atoms with Gasteiger partial charge in [0.25, 0.3) is 0 Å². The molecule has 8 heteroatoms. The largest absolute Gasteiger partial charge is 0.357 e. The monoisotopic (exact) mass is 559 g/mol. The molecule has 0 aliphatic carbocycles. The second-order valence-electron chi connectivity index (χ2n) is 8.02. The summed E-state index contributed by atoms with van der Waals surface area (Å²) in [4.78, 5) is 14.1. The SMILES string of the molecule is CCNC(=NCCCc1cn(-c2ccccc2)nc1C)N1CCN(c2ccccn2)CC1.I. The molecule has 3 heterocycles. The van der Waals surface area contributed by atoms with E-state index in [0.717, 1.165) is 75.3 Å². The maximum atomic E-state index is 4.91. The molecular formula is C25H34IN7. The molecule has 7 nitrogen and oxygen atoms in total. The van der Waals surface area contributed by atoms with Gasteiger partial charge in [-0.3, -0.25) is 4.99 Å². The number of hydrogen-bond donors (Lipinski definition) is 1. The van der Waals surface area contributed by atoms with Crippen LogP contribution < -0.4 is 10.2 Å². The number of guanidine groups is 1. The van der Waals surface area contributed by atoms with Gasteiger partial charge in [0.1, 0.15) is 5.82 Å². The van der Waals surface area contributed by atoms with Crippen molar-refractivity contribution in [1.29, 1.82) is 0 Å². The summed E-state index contributed by atoms with van der Waals surface area (Å²) in [6.45, 7) is 9.71. The van der Waals surface area contributed by atoms with Gasteiger partial charge < -0.3 is 15.1 Å². The second kappa shape index (κ2) is 12.6. The third-order valence-corrected chi connectivity index (χ3v) is 5.77. The van der Waals surface area contributed by atoms with Crippen molar-refractivity contribution < 1.29 is 0 Å². The van der Waals surface area contributed by atoms with Crippen molar-refractivity contribution in [2.75, 3.05) is 44.2 Å². The minimum Gasteiger partial charge on any atom is -0.357 e. The number of aryl methyl sites for hydroxylation is 2. The molecule has 2 aromatic heterocycles. The van der Waals surface area contributed by atoms with E-state index < -0.39 is 0 Å². The Morgan fingerprint density at radius 3 is 2.48 bits per heavy atom. The van der Waals surface area contributed by atoms with Crippen LogP contribution >= 0.6 is 24.0 Å². The standard InChI is InChI=1S/C25H33N7.HI/c1-3-26-25(31-18-16-30(17-19-31)24-13-7-8-14-27-24)28-15-9-10-22-20-32(29-21(22)2)23-11-5-4-6-12-23;/h4-8,11-14,20H,3,9-10,15-19H2,1-2H3,(H,26,28);1H. The number of anilines is 1. The minimum atomic E-state index is 0. The van der Waals surface area contributed by atoms with E-state index in [-0.39, 0.29) is 24.0 Å². The Morgan fingerprint density at radius 1 is 1.03 bits per heavy atom. The van der Waals surface area contributed by atoms with Crippen molar-refractivity contribution in [2.45, 2.75) is 26.7 Å². The van der Waals surface area contributed by atoms with Gasteiger partial charge in [-0.1, -0.05) is 24.3 Å². The molecule has 0 atom stereocenters. The summed E-state index contributed by atoms with van der Waals surface area (Å²) >= 11 is 0. The highest BCUT2D eigenvalue weighted by molar-refractivity contribution is 14.0. The lowest BCUT2D eigenvalue weighted by atomic mass is 10.1. The normalized spacial score (nSPS) is 14.2. The summed E-state index contributed by atoms with van der Waals surface area (Å²) < 4.78 is 1.97. The summed E-state index contributed by atoms with van der Waals surface area (Å²) in [7, 11) is 0. The van der Waals surface area contributed by atoms with Crippen LogP contribution in [-0.4, -0.2) is 64.9 Å². The molecule has 3 aromatic rings. The lowest BCUT2D eigenvalue weighted by molar-refractivity contribution is 0.371. The third-order valence-electron chi connectivity index (χ3n) is 5.77. The highest BCUT2D eigenvalue weighted by Gasteiger charge is 2.20. The number of piperazine rings is 1. The van der Waals surface area contributed by atoms with Crippen molar-refractivity contribution in [1.82, 2.24) is 25.0 Å². The number of halogens is 1. The van der Waals surface area contributed by atoms with Crippen LogP contribution in [0.5, 0.6) is 0 Å². The number of para-hydroxylation sites is 1. The van der Waals surface area contributed by atoms with Crippen molar-refractivity contribution in [3.63, 3.8) is 0 Å². The topological polar surface area (TPSA) is 61.6 Å². The van der Waals surface area contributed by atoms with Gasteiger partial charge in [-0.15, -0.1) is 24.0 Å². The number of rotatable bonds is 7. The fraction of sp³-hybridized carbons (Fsp3) is 0.400. The van der Waals surface area contributed by atoms with E-state index in [1.165, 1.54) is 5.56 Å². The van der Waals surface area contributed by atoms with Crippen molar-refractivity contribution in [2.24, 2.45) is 4.99 Å². The fourth-order valence-corrected chi connectivity index (χ4v) is 4.02. The molecule has 1 fully saturated rings. The van der Waals surface area contributed by atoms with Crippen molar-refractivity contribution >= 4 is 35.8 Å². The van der Waals surface area contributed by atoms with E-state index >= 15 is 0 Å². The molecule has 0 amide bonds. The van der Waals surface area contributed by atoms with E-state index in [4.69, 9.17) is 4.99 Å². The molecule has 1 N–H and O–H groups in total. The zero-order chi connectivity index (χ0) is 22.2. The van der Waals surface area contributed by atoms with Gasteiger partial charge in [0.05, 0.1) is 11.4 Å². The third kappa shape index (κ3) is 6.69. The summed E-state index contributed by atoms with van der Waals surface area (Å²) in [5.74, 6) is 2.07. The molecule has 1 saturated heterocycles. The first-order chi connectivity index (χ1) is 15.7. The van der Waals surface area contributed by atoms with E-state index in [2.05, 4.69) is 63.4 Å². The Balaban J connectivity index is 0.00000306. The van der Waals surface area contributed by atoms with Crippen LogP contribution in [0.15, 0.2) is 65.9 Å². The minimum absolute atomic E-state index is 0. The Labute approximate surface area is 213 Å². The highest BCUT2D eigenvalue weighted by Crippen LogP contribution is 2.14. The van der Waals surface area contributed by atoms with Gasteiger partial charge in [0.15, 0.2) is 5.96 Å². The van der Waals surface area contributed by atoms with Gasteiger partial charge in [-0.2, -0.15) is 5.10 Å². The zero-order valence-corrected chi connectivity index (χ0v) is 21.9.